The maximum atomic E-state index is 4.30. The number of allylic oxidation sites excluding steroid dienone is 1. The average molecular weight is 157 g/mol. The Morgan fingerprint density at radius 3 is 2.50 bits per heavy atom. The molecule has 1 nitrogen and oxygen atoms in total. The molecule has 2 rings (SSSR count). The van der Waals surface area contributed by atoms with Gasteiger partial charge in [0.15, 0.2) is 0 Å². The molecule has 0 bridgehead atoms. The lowest BCUT2D eigenvalue weighted by Gasteiger charge is -2.04. The molecular formula is C11H11N. The first-order valence-electron chi connectivity index (χ1n) is 4.13. The maximum absolute atomic E-state index is 4.30. The predicted octanol–water partition coefficient (Wildman–Crippen LogP) is 2.68. The summed E-state index contributed by atoms with van der Waals surface area (Å²) in [4.78, 5) is 4.30. The average Bonchev–Trinajstić information content (AvgIpc) is 2.58. The van der Waals surface area contributed by atoms with Crippen LogP contribution in [-0.2, 0) is 0 Å². The predicted molar refractivity (Wildman–Crippen MR) is 51.6 cm³/mol. The zero-order valence-corrected chi connectivity index (χ0v) is 7.07. The molecule has 0 spiro atoms. The summed E-state index contributed by atoms with van der Waals surface area (Å²) >= 11 is 0. The van der Waals surface area contributed by atoms with Crippen molar-refractivity contribution < 1.29 is 0 Å². The van der Waals surface area contributed by atoms with Crippen LogP contribution < -0.4 is 0 Å². The molecule has 1 unspecified atom stereocenters. The van der Waals surface area contributed by atoms with Gasteiger partial charge >= 0.3 is 0 Å². The topological polar surface area (TPSA) is 12.4 Å². The van der Waals surface area contributed by atoms with Crippen LogP contribution in [0.1, 0.15) is 17.2 Å². The quantitative estimate of drug-likeness (QED) is 0.594. The van der Waals surface area contributed by atoms with Gasteiger partial charge in [-0.1, -0.05) is 35.9 Å². The van der Waals surface area contributed by atoms with Gasteiger partial charge < -0.3 is 0 Å². The molecule has 1 atom stereocenters. The van der Waals surface area contributed by atoms with Gasteiger partial charge in [-0.15, -0.1) is 0 Å². The molecule has 1 heteroatoms. The maximum Gasteiger partial charge on any atom is 0.0933 e. The highest BCUT2D eigenvalue weighted by Crippen LogP contribution is 2.21. The number of aliphatic imine (C=N–C) groups is 1. The van der Waals surface area contributed by atoms with Crippen molar-refractivity contribution in [2.45, 2.75) is 13.0 Å². The van der Waals surface area contributed by atoms with Crippen LogP contribution in [0.5, 0.6) is 0 Å². The number of aryl methyl sites for hydroxylation is 1. The molecule has 0 amide bonds. The molecule has 0 aromatic heterocycles. The monoisotopic (exact) mass is 157 g/mol. The van der Waals surface area contributed by atoms with Crippen LogP contribution in [-0.4, -0.2) is 6.21 Å². The van der Waals surface area contributed by atoms with Crippen LogP contribution in [0.3, 0.4) is 0 Å². The fourth-order valence-corrected chi connectivity index (χ4v) is 1.31. The Morgan fingerprint density at radius 1 is 1.17 bits per heavy atom. The normalized spacial score (nSPS) is 20.2. The molecule has 1 aliphatic rings. The number of benzene rings is 1. The standard InChI is InChI=1S/C11H11N/c1-9-4-6-10(7-5-9)11-3-2-8-12-11/h2-8,11H,1H3. The molecule has 0 fully saturated rings. The van der Waals surface area contributed by atoms with Crippen LogP contribution >= 0.6 is 0 Å². The summed E-state index contributed by atoms with van der Waals surface area (Å²) in [7, 11) is 0. The van der Waals surface area contributed by atoms with E-state index in [1.165, 1.54) is 11.1 Å². The second-order valence-electron chi connectivity index (χ2n) is 3.04. The Labute approximate surface area is 72.5 Å². The first kappa shape index (κ1) is 7.29. The molecule has 1 heterocycles. The Kier molecular flexibility index (Phi) is 1.78. The number of nitrogens with zero attached hydrogens (tertiary/aromatic N) is 1. The van der Waals surface area contributed by atoms with E-state index in [2.05, 4.69) is 42.3 Å². The second kappa shape index (κ2) is 2.94. The summed E-state index contributed by atoms with van der Waals surface area (Å²) < 4.78 is 0. The van der Waals surface area contributed by atoms with Crippen LogP contribution in [0, 0.1) is 6.92 Å². The van der Waals surface area contributed by atoms with Gasteiger partial charge in [-0.05, 0) is 18.6 Å². The van der Waals surface area contributed by atoms with E-state index in [1.807, 2.05) is 12.3 Å². The van der Waals surface area contributed by atoms with E-state index < -0.39 is 0 Å². The highest BCUT2D eigenvalue weighted by atomic mass is 14.8. The smallest absolute Gasteiger partial charge is 0.0933 e. The Morgan fingerprint density at radius 2 is 1.92 bits per heavy atom. The van der Waals surface area contributed by atoms with Crippen LogP contribution in [0.15, 0.2) is 41.4 Å². The first-order chi connectivity index (χ1) is 5.86. The minimum absolute atomic E-state index is 0.255. The van der Waals surface area contributed by atoms with Crippen molar-refractivity contribution in [1.82, 2.24) is 0 Å². The lowest BCUT2D eigenvalue weighted by Crippen LogP contribution is -1.87. The number of hydrogen-bond acceptors (Lipinski definition) is 1. The molecule has 0 aliphatic carbocycles. The molecule has 0 saturated carbocycles. The highest BCUT2D eigenvalue weighted by molar-refractivity contribution is 5.74. The summed E-state index contributed by atoms with van der Waals surface area (Å²) in [6.45, 7) is 2.09. The Hall–Kier alpha value is -1.37. The van der Waals surface area contributed by atoms with Crippen molar-refractivity contribution >= 4 is 6.21 Å². The van der Waals surface area contributed by atoms with Crippen LogP contribution in [0.4, 0.5) is 0 Å². The molecule has 1 aliphatic heterocycles. The van der Waals surface area contributed by atoms with Gasteiger partial charge in [0.2, 0.25) is 0 Å². The van der Waals surface area contributed by atoms with Gasteiger partial charge in [-0.2, -0.15) is 0 Å². The second-order valence-corrected chi connectivity index (χ2v) is 3.04. The summed E-state index contributed by atoms with van der Waals surface area (Å²) in [5.41, 5.74) is 2.57. The molecule has 0 N–H and O–H groups in total. The van der Waals surface area contributed by atoms with Crippen LogP contribution in [0.25, 0.3) is 0 Å². The Bertz CT molecular complexity index is 307. The summed E-state index contributed by atoms with van der Waals surface area (Å²) in [5.74, 6) is 0. The lowest BCUT2D eigenvalue weighted by molar-refractivity contribution is 0.935. The third kappa shape index (κ3) is 1.30. The molecule has 60 valence electrons. The van der Waals surface area contributed by atoms with E-state index in [-0.39, 0.29) is 6.04 Å². The summed E-state index contributed by atoms with van der Waals surface area (Å²) in [6, 6.07) is 8.76. The molecule has 0 radical (unpaired) electrons. The van der Waals surface area contributed by atoms with E-state index in [1.54, 1.807) is 0 Å². The van der Waals surface area contributed by atoms with Gasteiger partial charge in [0.25, 0.3) is 0 Å². The Balaban J connectivity index is 2.29. The minimum Gasteiger partial charge on any atom is -0.281 e. The van der Waals surface area contributed by atoms with Crippen molar-refractivity contribution in [2.24, 2.45) is 4.99 Å². The largest absolute Gasteiger partial charge is 0.281 e. The SMILES string of the molecule is Cc1ccc(C2C=CC=N2)cc1. The molecule has 1 aromatic carbocycles. The first-order valence-corrected chi connectivity index (χ1v) is 4.13. The number of hydrogen-bond donors (Lipinski definition) is 0. The highest BCUT2D eigenvalue weighted by Gasteiger charge is 2.06. The summed E-state index contributed by atoms with van der Waals surface area (Å²) in [6.07, 6.45) is 5.94. The fourth-order valence-electron chi connectivity index (χ4n) is 1.31. The van der Waals surface area contributed by atoms with Crippen molar-refractivity contribution in [2.75, 3.05) is 0 Å². The van der Waals surface area contributed by atoms with Gasteiger partial charge in [0, 0.05) is 6.21 Å². The molecular weight excluding hydrogens is 146 g/mol. The van der Waals surface area contributed by atoms with Crippen molar-refractivity contribution in [3.05, 3.63) is 47.5 Å². The molecule has 1 aromatic rings. The minimum atomic E-state index is 0.255. The fraction of sp³-hybridized carbons (Fsp3) is 0.182. The van der Waals surface area contributed by atoms with E-state index in [0.717, 1.165) is 0 Å². The zero-order valence-electron chi connectivity index (χ0n) is 7.07. The van der Waals surface area contributed by atoms with Gasteiger partial charge in [-0.25, -0.2) is 0 Å². The van der Waals surface area contributed by atoms with E-state index in [4.69, 9.17) is 0 Å². The summed E-state index contributed by atoms with van der Waals surface area (Å²) in [5, 5.41) is 0. The van der Waals surface area contributed by atoms with Gasteiger partial charge in [-0.3, -0.25) is 4.99 Å². The third-order valence-electron chi connectivity index (χ3n) is 2.05. The van der Waals surface area contributed by atoms with Crippen molar-refractivity contribution in [3.63, 3.8) is 0 Å². The zero-order chi connectivity index (χ0) is 8.39. The molecule has 12 heavy (non-hydrogen) atoms. The van der Waals surface area contributed by atoms with E-state index in [0.29, 0.717) is 0 Å². The van der Waals surface area contributed by atoms with E-state index in [9.17, 15) is 0 Å². The van der Waals surface area contributed by atoms with Gasteiger partial charge in [0.05, 0.1) is 6.04 Å². The molecule has 0 saturated heterocycles. The van der Waals surface area contributed by atoms with Crippen molar-refractivity contribution in [3.8, 4) is 0 Å². The van der Waals surface area contributed by atoms with E-state index >= 15 is 0 Å². The lowest BCUT2D eigenvalue weighted by atomic mass is 10.1. The third-order valence-corrected chi connectivity index (χ3v) is 2.05. The van der Waals surface area contributed by atoms with Crippen molar-refractivity contribution in [1.29, 1.82) is 0 Å². The number of rotatable bonds is 1. The van der Waals surface area contributed by atoms with Gasteiger partial charge in [0.1, 0.15) is 0 Å². The van der Waals surface area contributed by atoms with Crippen LogP contribution in [0.2, 0.25) is 0 Å².